The van der Waals surface area contributed by atoms with Crippen LogP contribution in [-0.2, 0) is 38.1 Å². The van der Waals surface area contributed by atoms with Crippen LogP contribution in [0, 0.1) is 0 Å². The molecule has 0 aliphatic carbocycles. The van der Waals surface area contributed by atoms with Crippen molar-refractivity contribution in [2.24, 2.45) is 0 Å². The lowest BCUT2D eigenvalue weighted by atomic mass is 10.1. The van der Waals surface area contributed by atoms with Crippen LogP contribution in [0.2, 0.25) is 0 Å². The summed E-state index contributed by atoms with van der Waals surface area (Å²) in [6, 6.07) is -0.176. The Morgan fingerprint density at radius 1 is 0.675 bits per heavy atom. The highest BCUT2D eigenvalue weighted by Gasteiger charge is 2.02. The summed E-state index contributed by atoms with van der Waals surface area (Å²) >= 11 is 3.79. The summed E-state index contributed by atoms with van der Waals surface area (Å²) in [5.41, 5.74) is 0. The number of aldehydes is 2. The molecule has 0 aromatic rings. The average Bonchev–Trinajstić information content (AvgIpc) is 2.99. The Morgan fingerprint density at radius 3 is 1.52 bits per heavy atom. The molecule has 3 N–H and O–H groups in total. The second kappa shape index (κ2) is 50.7. The molecule has 12 heteroatoms. The molecule has 0 fully saturated rings. The average molecular weight is 600 g/mol. The Morgan fingerprint density at radius 2 is 1.18 bits per heavy atom. The van der Waals surface area contributed by atoms with E-state index in [-0.39, 0.29) is 6.04 Å². The highest BCUT2D eigenvalue weighted by Crippen LogP contribution is 1.98. The van der Waals surface area contributed by atoms with Crippen molar-refractivity contribution in [3.63, 3.8) is 0 Å². The van der Waals surface area contributed by atoms with Gasteiger partial charge in [0, 0.05) is 19.6 Å². The first kappa shape index (κ1) is 45.9. The van der Waals surface area contributed by atoms with Crippen molar-refractivity contribution in [2.75, 3.05) is 86.2 Å². The van der Waals surface area contributed by atoms with Gasteiger partial charge in [-0.05, 0) is 45.7 Å². The molecule has 0 aromatic carbocycles. The summed E-state index contributed by atoms with van der Waals surface area (Å²) < 4.78 is 28.9. The van der Waals surface area contributed by atoms with E-state index in [1.165, 1.54) is 12.8 Å². The van der Waals surface area contributed by atoms with E-state index in [4.69, 9.17) is 23.7 Å². The van der Waals surface area contributed by atoms with Gasteiger partial charge < -0.3 is 43.9 Å². The number of hydrogen-bond acceptors (Lipinski definition) is 11. The van der Waals surface area contributed by atoms with Crippen LogP contribution in [0.4, 0.5) is 0 Å². The van der Waals surface area contributed by atoms with E-state index in [0.29, 0.717) is 78.8 Å². The second-order valence-electron chi connectivity index (χ2n) is 7.91. The van der Waals surface area contributed by atoms with Gasteiger partial charge in [0.25, 0.3) is 0 Å². The minimum absolute atomic E-state index is 0.176. The van der Waals surface area contributed by atoms with Crippen molar-refractivity contribution in [1.82, 2.24) is 15.4 Å². The van der Waals surface area contributed by atoms with Gasteiger partial charge in [0.15, 0.2) is 0 Å². The van der Waals surface area contributed by atoms with Crippen molar-refractivity contribution in [2.45, 2.75) is 78.7 Å². The lowest BCUT2D eigenvalue weighted by molar-refractivity contribution is -0.110. The molecule has 0 unspecified atom stereocenters. The molecule has 0 radical (unpaired) electrons. The summed E-state index contributed by atoms with van der Waals surface area (Å²) in [7, 11) is 1.98. The van der Waals surface area contributed by atoms with Gasteiger partial charge in [-0.1, -0.05) is 46.9 Å². The van der Waals surface area contributed by atoms with Crippen molar-refractivity contribution in [3.8, 4) is 0 Å². The number of amides is 1. The van der Waals surface area contributed by atoms with Crippen LogP contribution in [0.25, 0.3) is 0 Å². The zero-order chi connectivity index (χ0) is 30.8. The quantitative estimate of drug-likeness (QED) is 0.0604. The van der Waals surface area contributed by atoms with Gasteiger partial charge in [0.05, 0.1) is 65.5 Å². The van der Waals surface area contributed by atoms with E-state index in [0.717, 1.165) is 51.4 Å². The van der Waals surface area contributed by atoms with Gasteiger partial charge in [-0.25, -0.2) is 0 Å². The Balaban J connectivity index is -0.000000273. The van der Waals surface area contributed by atoms with Crippen LogP contribution in [-0.4, -0.2) is 111 Å². The number of carbonyl (C=O) groups excluding carboxylic acids is 3. The molecule has 0 saturated heterocycles. The molecule has 1 atom stereocenters. The van der Waals surface area contributed by atoms with Crippen LogP contribution in [0.15, 0.2) is 0 Å². The SMILES string of the molecule is CC.CCCCNC.CCCOCCOCCOCCOCCOCCC=O.O=CNCCCC[C@@H](C=O)NS. The number of unbranched alkanes of at least 4 members (excludes halogenated alkanes) is 2. The number of carbonyl (C=O) groups is 3. The lowest BCUT2D eigenvalue weighted by Crippen LogP contribution is -2.22. The number of rotatable bonds is 28. The first-order valence-corrected chi connectivity index (χ1v) is 15.1. The van der Waals surface area contributed by atoms with Crippen LogP contribution in [0.1, 0.15) is 72.6 Å². The second-order valence-corrected chi connectivity index (χ2v) is 8.17. The smallest absolute Gasteiger partial charge is 0.207 e. The van der Waals surface area contributed by atoms with Crippen LogP contribution in [0.3, 0.4) is 0 Å². The maximum Gasteiger partial charge on any atom is 0.207 e. The molecule has 11 nitrogen and oxygen atoms in total. The summed E-state index contributed by atoms with van der Waals surface area (Å²) in [5, 5.41) is 5.62. The van der Waals surface area contributed by atoms with Crippen LogP contribution >= 0.6 is 12.8 Å². The fourth-order valence-electron chi connectivity index (χ4n) is 2.42. The summed E-state index contributed by atoms with van der Waals surface area (Å²) in [6.07, 6.45) is 8.96. The fraction of sp³-hybridized carbons (Fsp3) is 0.893. The molecule has 0 aliphatic rings. The topological polar surface area (TPSA) is 133 Å². The Labute approximate surface area is 250 Å². The normalized spacial score (nSPS) is 10.6. The predicted octanol–water partition coefficient (Wildman–Crippen LogP) is 3.01. The molecule has 0 aliphatic heterocycles. The zero-order valence-electron chi connectivity index (χ0n) is 26.0. The van der Waals surface area contributed by atoms with Gasteiger partial charge in [0.1, 0.15) is 12.6 Å². The maximum absolute atomic E-state index is 10.3. The maximum atomic E-state index is 10.3. The van der Waals surface area contributed by atoms with Gasteiger partial charge >= 0.3 is 0 Å². The summed E-state index contributed by atoms with van der Waals surface area (Å²) in [5.74, 6) is 0. The predicted molar refractivity (Wildman–Crippen MR) is 165 cm³/mol. The molecule has 242 valence electrons. The van der Waals surface area contributed by atoms with E-state index in [1.54, 1.807) is 0 Å². The number of hydrogen-bond donors (Lipinski definition) is 4. The molecule has 1 amide bonds. The summed E-state index contributed by atoms with van der Waals surface area (Å²) in [6.45, 7) is 15.8. The molecule has 0 heterocycles. The third-order valence-electron chi connectivity index (χ3n) is 4.50. The van der Waals surface area contributed by atoms with Crippen molar-refractivity contribution >= 4 is 31.8 Å². The summed E-state index contributed by atoms with van der Waals surface area (Å²) in [4.78, 5) is 30.1. The van der Waals surface area contributed by atoms with Crippen LogP contribution < -0.4 is 15.4 Å². The van der Waals surface area contributed by atoms with Crippen molar-refractivity contribution < 1.29 is 38.1 Å². The van der Waals surface area contributed by atoms with Gasteiger partial charge in [-0.15, -0.1) is 0 Å². The third-order valence-corrected chi connectivity index (χ3v) is 4.83. The molecule has 0 rings (SSSR count). The van der Waals surface area contributed by atoms with Gasteiger partial charge in [0.2, 0.25) is 6.41 Å². The van der Waals surface area contributed by atoms with E-state index in [1.807, 2.05) is 20.9 Å². The van der Waals surface area contributed by atoms with E-state index in [9.17, 15) is 14.4 Å². The monoisotopic (exact) mass is 599 g/mol. The minimum Gasteiger partial charge on any atom is -0.379 e. The first-order chi connectivity index (χ1) is 19.7. The van der Waals surface area contributed by atoms with Gasteiger partial charge in [-0.3, -0.25) is 9.52 Å². The molecule has 40 heavy (non-hydrogen) atoms. The molecule has 0 saturated carbocycles. The fourth-order valence-corrected chi connectivity index (χ4v) is 2.61. The molecular weight excluding hydrogens is 538 g/mol. The minimum atomic E-state index is -0.176. The first-order valence-electron chi connectivity index (χ1n) is 14.7. The highest BCUT2D eigenvalue weighted by molar-refractivity contribution is 7.78. The third kappa shape index (κ3) is 53.2. The van der Waals surface area contributed by atoms with E-state index >= 15 is 0 Å². The van der Waals surface area contributed by atoms with Crippen LogP contribution in [0.5, 0.6) is 0 Å². The highest BCUT2D eigenvalue weighted by atomic mass is 32.1. The van der Waals surface area contributed by atoms with E-state index < -0.39 is 0 Å². The molecule has 0 bridgehead atoms. The lowest BCUT2D eigenvalue weighted by Gasteiger charge is -2.07. The zero-order valence-corrected chi connectivity index (χ0v) is 26.9. The van der Waals surface area contributed by atoms with Crippen molar-refractivity contribution in [1.29, 1.82) is 0 Å². The Kier molecular flexibility index (Phi) is 58.1. The van der Waals surface area contributed by atoms with Gasteiger partial charge in [-0.2, -0.15) is 0 Å². The molecule has 0 aromatic heterocycles. The number of thiol groups is 1. The Bertz CT molecular complexity index is 452. The number of nitrogens with one attached hydrogen (secondary N) is 3. The van der Waals surface area contributed by atoms with Crippen molar-refractivity contribution in [3.05, 3.63) is 0 Å². The number of ether oxygens (including phenoxy) is 5. The molecule has 0 spiro atoms. The standard InChI is InChI=1S/C14H28O6.C7H14N2O2S.C5H13N.C2H6/c1-2-5-16-7-9-18-11-13-20-14-12-19-10-8-17-6-3-4-15;10-5-7(9-12)3-1-2-4-8-6-11;1-3-4-5-6-2;1-2/h4H,2-3,5-14H2,1H3;5-7,9,12H,1-4H2,(H,8,11);6H,3-5H2,1-2H3;1-2H3/t;7-;;/m.0../s1. The largest absolute Gasteiger partial charge is 0.379 e. The molecular formula is C28H61N3O8S. The Hall–Kier alpha value is -1.12. The van der Waals surface area contributed by atoms with E-state index in [2.05, 4.69) is 42.0 Å².